The molecular formula is C20H27N3O4. The molecule has 27 heavy (non-hydrogen) atoms. The Bertz CT molecular complexity index is 696. The number of nitrogens with zero attached hydrogens (tertiary/aromatic N) is 3. The lowest BCUT2D eigenvalue weighted by molar-refractivity contribution is -0.141. The van der Waals surface area contributed by atoms with Crippen LogP contribution in [-0.4, -0.2) is 78.8 Å². The number of benzene rings is 1. The fraction of sp³-hybridized carbons (Fsp3) is 0.550. The fourth-order valence-corrected chi connectivity index (χ4v) is 3.71. The number of hydrogen-bond acceptors (Lipinski definition) is 4. The SMILES string of the molecule is COc1ccc(CCN2CC(C(=O)N3CCN(C(C)=O)CC3)CC2=O)cc1. The average Bonchev–Trinajstić information content (AvgIpc) is 3.07. The molecule has 3 rings (SSSR count). The predicted molar refractivity (Wildman–Crippen MR) is 100 cm³/mol. The first-order valence-electron chi connectivity index (χ1n) is 9.43. The third kappa shape index (κ3) is 4.59. The van der Waals surface area contributed by atoms with E-state index in [0.717, 1.165) is 17.7 Å². The van der Waals surface area contributed by atoms with Crippen LogP contribution < -0.4 is 4.74 Å². The van der Waals surface area contributed by atoms with Gasteiger partial charge in [-0.05, 0) is 24.1 Å². The van der Waals surface area contributed by atoms with Gasteiger partial charge in [-0.2, -0.15) is 0 Å². The number of likely N-dealkylation sites (tertiary alicyclic amines) is 1. The summed E-state index contributed by atoms with van der Waals surface area (Å²) in [5.74, 6) is 0.675. The van der Waals surface area contributed by atoms with Crippen LogP contribution in [0.25, 0.3) is 0 Å². The maximum absolute atomic E-state index is 12.7. The van der Waals surface area contributed by atoms with Gasteiger partial charge < -0.3 is 19.4 Å². The van der Waals surface area contributed by atoms with E-state index in [1.54, 1.807) is 28.7 Å². The first kappa shape index (κ1) is 19.2. The topological polar surface area (TPSA) is 70.2 Å². The normalized spacial score (nSPS) is 20.1. The van der Waals surface area contributed by atoms with E-state index in [1.165, 1.54) is 0 Å². The van der Waals surface area contributed by atoms with E-state index in [0.29, 0.717) is 39.3 Å². The second-order valence-electron chi connectivity index (χ2n) is 7.17. The molecule has 1 unspecified atom stereocenters. The van der Waals surface area contributed by atoms with Gasteiger partial charge in [0, 0.05) is 52.6 Å². The molecule has 3 amide bonds. The van der Waals surface area contributed by atoms with Crippen molar-refractivity contribution in [1.29, 1.82) is 0 Å². The summed E-state index contributed by atoms with van der Waals surface area (Å²) in [6, 6.07) is 7.81. The highest BCUT2D eigenvalue weighted by Crippen LogP contribution is 2.22. The van der Waals surface area contributed by atoms with E-state index in [4.69, 9.17) is 4.74 Å². The van der Waals surface area contributed by atoms with Gasteiger partial charge in [0.05, 0.1) is 13.0 Å². The lowest BCUT2D eigenvalue weighted by Crippen LogP contribution is -2.51. The number of ether oxygens (including phenoxy) is 1. The second-order valence-corrected chi connectivity index (χ2v) is 7.17. The van der Waals surface area contributed by atoms with Crippen molar-refractivity contribution in [3.63, 3.8) is 0 Å². The second kappa shape index (κ2) is 8.41. The highest BCUT2D eigenvalue weighted by atomic mass is 16.5. The van der Waals surface area contributed by atoms with E-state index in [2.05, 4.69) is 0 Å². The minimum absolute atomic E-state index is 0.0403. The van der Waals surface area contributed by atoms with Crippen molar-refractivity contribution in [2.24, 2.45) is 5.92 Å². The van der Waals surface area contributed by atoms with Crippen molar-refractivity contribution in [2.45, 2.75) is 19.8 Å². The molecule has 0 N–H and O–H groups in total. The maximum atomic E-state index is 12.7. The predicted octanol–water partition coefficient (Wildman–Crippen LogP) is 0.777. The Kier molecular flexibility index (Phi) is 5.98. The van der Waals surface area contributed by atoms with Crippen LogP contribution in [0, 0.1) is 5.92 Å². The summed E-state index contributed by atoms with van der Waals surface area (Å²) in [6.45, 7) is 4.90. The van der Waals surface area contributed by atoms with Crippen LogP contribution in [0.5, 0.6) is 5.75 Å². The number of carbonyl (C=O) groups is 3. The molecule has 1 aromatic carbocycles. The molecule has 1 aromatic rings. The van der Waals surface area contributed by atoms with Gasteiger partial charge in [0.1, 0.15) is 5.75 Å². The molecule has 0 saturated carbocycles. The average molecular weight is 373 g/mol. The van der Waals surface area contributed by atoms with E-state index in [1.807, 2.05) is 24.3 Å². The van der Waals surface area contributed by atoms with Gasteiger partial charge in [0.15, 0.2) is 0 Å². The van der Waals surface area contributed by atoms with Gasteiger partial charge in [-0.25, -0.2) is 0 Å². The highest BCUT2D eigenvalue weighted by molar-refractivity contribution is 5.89. The Morgan fingerprint density at radius 2 is 1.70 bits per heavy atom. The van der Waals surface area contributed by atoms with Crippen LogP contribution in [0.3, 0.4) is 0 Å². The van der Waals surface area contributed by atoms with Crippen molar-refractivity contribution in [3.05, 3.63) is 29.8 Å². The van der Waals surface area contributed by atoms with Crippen LogP contribution in [0.1, 0.15) is 18.9 Å². The van der Waals surface area contributed by atoms with E-state index in [9.17, 15) is 14.4 Å². The molecule has 2 aliphatic heterocycles. The summed E-state index contributed by atoms with van der Waals surface area (Å²) in [5, 5.41) is 0. The fourth-order valence-electron chi connectivity index (χ4n) is 3.71. The van der Waals surface area contributed by atoms with Gasteiger partial charge in [-0.3, -0.25) is 14.4 Å². The number of methoxy groups -OCH3 is 1. The largest absolute Gasteiger partial charge is 0.497 e. The summed E-state index contributed by atoms with van der Waals surface area (Å²) in [7, 11) is 1.63. The molecule has 2 heterocycles. The zero-order chi connectivity index (χ0) is 19.4. The Morgan fingerprint density at radius 3 is 2.30 bits per heavy atom. The molecule has 0 aromatic heterocycles. The summed E-state index contributed by atoms with van der Waals surface area (Å²) in [6.07, 6.45) is 1.04. The molecule has 146 valence electrons. The highest BCUT2D eigenvalue weighted by Gasteiger charge is 2.37. The standard InChI is InChI=1S/C20H27N3O4/c1-15(24)21-9-11-22(12-10-21)20(26)17-13-19(25)23(14-17)8-7-16-3-5-18(27-2)6-4-16/h3-6,17H,7-14H2,1-2H3. The third-order valence-corrected chi connectivity index (χ3v) is 5.43. The van der Waals surface area contributed by atoms with Crippen LogP contribution >= 0.6 is 0 Å². The molecule has 0 spiro atoms. The monoisotopic (exact) mass is 373 g/mol. The van der Waals surface area contributed by atoms with Gasteiger partial charge in [0.2, 0.25) is 17.7 Å². The van der Waals surface area contributed by atoms with Gasteiger partial charge in [-0.1, -0.05) is 12.1 Å². The summed E-state index contributed by atoms with van der Waals surface area (Å²) < 4.78 is 5.15. The Hall–Kier alpha value is -2.57. The molecule has 2 fully saturated rings. The molecule has 1 atom stereocenters. The lowest BCUT2D eigenvalue weighted by Gasteiger charge is -2.35. The minimum Gasteiger partial charge on any atom is -0.497 e. The van der Waals surface area contributed by atoms with Crippen molar-refractivity contribution >= 4 is 17.7 Å². The van der Waals surface area contributed by atoms with Crippen molar-refractivity contribution in [3.8, 4) is 5.75 Å². The summed E-state index contributed by atoms with van der Waals surface area (Å²) >= 11 is 0. The van der Waals surface area contributed by atoms with Crippen molar-refractivity contribution in [1.82, 2.24) is 14.7 Å². The summed E-state index contributed by atoms with van der Waals surface area (Å²) in [5.41, 5.74) is 1.14. The zero-order valence-electron chi connectivity index (χ0n) is 16.0. The molecule has 0 radical (unpaired) electrons. The number of piperazine rings is 1. The first-order chi connectivity index (χ1) is 13.0. The zero-order valence-corrected chi connectivity index (χ0v) is 16.0. The maximum Gasteiger partial charge on any atom is 0.228 e. The molecule has 0 aliphatic carbocycles. The van der Waals surface area contributed by atoms with Gasteiger partial charge in [-0.15, -0.1) is 0 Å². The smallest absolute Gasteiger partial charge is 0.228 e. The molecule has 0 bridgehead atoms. The van der Waals surface area contributed by atoms with Crippen molar-refractivity contribution in [2.75, 3.05) is 46.4 Å². The number of rotatable bonds is 5. The molecule has 2 saturated heterocycles. The quantitative estimate of drug-likeness (QED) is 0.765. The van der Waals surface area contributed by atoms with E-state index < -0.39 is 0 Å². The van der Waals surface area contributed by atoms with Gasteiger partial charge in [0.25, 0.3) is 0 Å². The molecule has 2 aliphatic rings. The molecule has 7 nitrogen and oxygen atoms in total. The number of amides is 3. The van der Waals surface area contributed by atoms with Crippen molar-refractivity contribution < 1.29 is 19.1 Å². The molecular weight excluding hydrogens is 346 g/mol. The number of carbonyl (C=O) groups excluding carboxylic acids is 3. The van der Waals surface area contributed by atoms with Crippen LogP contribution in [0.15, 0.2) is 24.3 Å². The molecule has 7 heteroatoms. The Balaban J connectivity index is 1.49. The van der Waals surface area contributed by atoms with Crippen LogP contribution in [0.2, 0.25) is 0 Å². The van der Waals surface area contributed by atoms with Crippen LogP contribution in [-0.2, 0) is 20.8 Å². The lowest BCUT2D eigenvalue weighted by atomic mass is 10.1. The third-order valence-electron chi connectivity index (χ3n) is 5.43. The van der Waals surface area contributed by atoms with Crippen LogP contribution in [0.4, 0.5) is 0 Å². The number of hydrogen-bond donors (Lipinski definition) is 0. The van der Waals surface area contributed by atoms with E-state index >= 15 is 0 Å². The minimum atomic E-state index is -0.266. The Morgan fingerprint density at radius 1 is 1.07 bits per heavy atom. The first-order valence-corrected chi connectivity index (χ1v) is 9.43. The van der Waals surface area contributed by atoms with E-state index in [-0.39, 0.29) is 30.1 Å². The summed E-state index contributed by atoms with van der Waals surface area (Å²) in [4.78, 5) is 41.8. The Labute approximate surface area is 159 Å². The van der Waals surface area contributed by atoms with Gasteiger partial charge >= 0.3 is 0 Å².